The molecule has 0 radical (unpaired) electrons. The normalized spacial score (nSPS) is 17.3. The van der Waals surface area contributed by atoms with Crippen molar-refractivity contribution in [2.45, 2.75) is 18.9 Å². The highest BCUT2D eigenvalue weighted by Gasteiger charge is 2.18. The van der Waals surface area contributed by atoms with Crippen molar-refractivity contribution in [1.29, 1.82) is 0 Å². The fourth-order valence-electron chi connectivity index (χ4n) is 1.87. The zero-order valence-corrected chi connectivity index (χ0v) is 13.0. The maximum atomic E-state index is 11.8. The van der Waals surface area contributed by atoms with Crippen molar-refractivity contribution in [3.8, 4) is 0 Å². The van der Waals surface area contributed by atoms with Gasteiger partial charge in [-0.3, -0.25) is 9.59 Å². The second-order valence-electron chi connectivity index (χ2n) is 5.06. The van der Waals surface area contributed by atoms with E-state index in [1.54, 1.807) is 4.90 Å². The van der Waals surface area contributed by atoms with Crippen molar-refractivity contribution in [3.05, 3.63) is 0 Å². The Hall–Kier alpha value is -1.19. The highest BCUT2D eigenvalue weighted by Crippen LogP contribution is 2.00. The zero-order chi connectivity index (χ0) is 15.9. The number of amides is 2. The third kappa shape index (κ3) is 7.39. The Morgan fingerprint density at radius 1 is 1.33 bits per heavy atom. The summed E-state index contributed by atoms with van der Waals surface area (Å²) < 4.78 is 27.1. The molecule has 0 saturated carbocycles. The van der Waals surface area contributed by atoms with E-state index in [0.29, 0.717) is 26.3 Å². The zero-order valence-electron chi connectivity index (χ0n) is 12.2. The van der Waals surface area contributed by atoms with E-state index in [1.165, 1.54) is 0 Å². The Bertz CT molecular complexity index is 460. The first kappa shape index (κ1) is 17.9. The summed E-state index contributed by atoms with van der Waals surface area (Å²) in [5.74, 6) is -0.606. The molecule has 122 valence electrons. The van der Waals surface area contributed by atoms with E-state index < -0.39 is 21.8 Å². The fraction of sp³-hybridized carbons (Fsp3) is 0.833. The molecule has 1 unspecified atom stereocenters. The summed E-state index contributed by atoms with van der Waals surface area (Å²) in [6.07, 6.45) is 1.37. The Balaban J connectivity index is 2.21. The van der Waals surface area contributed by atoms with Gasteiger partial charge in [-0.25, -0.2) is 8.42 Å². The van der Waals surface area contributed by atoms with E-state index in [0.717, 1.165) is 6.26 Å². The van der Waals surface area contributed by atoms with Crippen molar-refractivity contribution in [2.75, 3.05) is 44.9 Å². The van der Waals surface area contributed by atoms with Crippen molar-refractivity contribution in [1.82, 2.24) is 10.2 Å². The summed E-state index contributed by atoms with van der Waals surface area (Å²) in [4.78, 5) is 25.2. The van der Waals surface area contributed by atoms with Gasteiger partial charge in [-0.2, -0.15) is 0 Å². The van der Waals surface area contributed by atoms with E-state index >= 15 is 0 Å². The third-order valence-electron chi connectivity index (χ3n) is 3.14. The van der Waals surface area contributed by atoms with Crippen LogP contribution in [0.3, 0.4) is 0 Å². The number of nitrogens with one attached hydrogen (secondary N) is 1. The van der Waals surface area contributed by atoms with E-state index in [1.807, 2.05) is 0 Å². The molecule has 1 rings (SSSR count). The molecule has 21 heavy (non-hydrogen) atoms. The predicted octanol–water partition coefficient (Wildman–Crippen LogP) is -1.89. The molecule has 1 atom stereocenters. The molecule has 0 aliphatic carbocycles. The molecule has 1 aliphatic rings. The molecule has 1 fully saturated rings. The standard InChI is InChI=1S/C12H23N3O5S/c1-21(18,19)9-3-10(13)12(17)14-4-2-11(16)15-5-7-20-8-6-15/h10H,2-9,13H2,1H3,(H,14,17). The molecular formula is C12H23N3O5S. The van der Waals surface area contributed by atoms with Crippen molar-refractivity contribution in [2.24, 2.45) is 5.73 Å². The van der Waals surface area contributed by atoms with Gasteiger partial charge < -0.3 is 20.7 Å². The van der Waals surface area contributed by atoms with Crippen LogP contribution in [0.25, 0.3) is 0 Å². The summed E-state index contributed by atoms with van der Waals surface area (Å²) in [6, 6.07) is -0.877. The monoisotopic (exact) mass is 321 g/mol. The van der Waals surface area contributed by atoms with E-state index in [9.17, 15) is 18.0 Å². The second-order valence-corrected chi connectivity index (χ2v) is 7.32. The maximum absolute atomic E-state index is 11.8. The summed E-state index contributed by atoms with van der Waals surface area (Å²) in [7, 11) is -3.13. The smallest absolute Gasteiger partial charge is 0.236 e. The second kappa shape index (κ2) is 8.30. The van der Waals surface area contributed by atoms with E-state index in [2.05, 4.69) is 5.32 Å². The van der Waals surface area contributed by atoms with Crippen molar-refractivity contribution in [3.63, 3.8) is 0 Å². The molecule has 1 saturated heterocycles. The first-order chi connectivity index (χ1) is 9.79. The molecule has 0 spiro atoms. The minimum atomic E-state index is -3.13. The lowest BCUT2D eigenvalue weighted by Gasteiger charge is -2.26. The molecule has 0 bridgehead atoms. The van der Waals surface area contributed by atoms with Gasteiger partial charge in [0, 0.05) is 32.3 Å². The minimum Gasteiger partial charge on any atom is -0.378 e. The number of hydrogen-bond acceptors (Lipinski definition) is 6. The lowest BCUT2D eigenvalue weighted by molar-refractivity contribution is -0.135. The van der Waals surface area contributed by atoms with Crippen LogP contribution in [0.5, 0.6) is 0 Å². The molecular weight excluding hydrogens is 298 g/mol. The van der Waals surface area contributed by atoms with Gasteiger partial charge in [0.1, 0.15) is 9.84 Å². The van der Waals surface area contributed by atoms with Gasteiger partial charge in [0.2, 0.25) is 11.8 Å². The summed E-state index contributed by atoms with van der Waals surface area (Å²) >= 11 is 0. The Kier molecular flexibility index (Phi) is 7.06. The molecule has 1 heterocycles. The highest BCUT2D eigenvalue weighted by molar-refractivity contribution is 7.90. The topological polar surface area (TPSA) is 119 Å². The molecule has 0 aromatic rings. The number of ether oxygens (including phenoxy) is 1. The molecule has 1 aliphatic heterocycles. The first-order valence-corrected chi connectivity index (χ1v) is 8.92. The van der Waals surface area contributed by atoms with Gasteiger partial charge in [0.05, 0.1) is 25.0 Å². The largest absolute Gasteiger partial charge is 0.378 e. The van der Waals surface area contributed by atoms with Crippen LogP contribution in [-0.2, 0) is 24.2 Å². The first-order valence-electron chi connectivity index (χ1n) is 6.86. The van der Waals surface area contributed by atoms with Crippen LogP contribution in [-0.4, -0.2) is 76.0 Å². The van der Waals surface area contributed by atoms with Gasteiger partial charge in [0.25, 0.3) is 0 Å². The quantitative estimate of drug-likeness (QED) is 0.566. The summed E-state index contributed by atoms with van der Waals surface area (Å²) in [5.41, 5.74) is 5.60. The molecule has 9 heteroatoms. The van der Waals surface area contributed by atoms with Crippen LogP contribution in [0.4, 0.5) is 0 Å². The number of hydrogen-bond donors (Lipinski definition) is 2. The lowest BCUT2D eigenvalue weighted by Crippen LogP contribution is -2.44. The molecule has 0 aromatic carbocycles. The SMILES string of the molecule is CS(=O)(=O)CCC(N)C(=O)NCCC(=O)N1CCOCC1. The van der Waals surface area contributed by atoms with Crippen molar-refractivity contribution >= 4 is 21.7 Å². The van der Waals surface area contributed by atoms with E-state index in [4.69, 9.17) is 10.5 Å². The van der Waals surface area contributed by atoms with E-state index in [-0.39, 0.29) is 31.0 Å². The van der Waals surface area contributed by atoms with Gasteiger partial charge >= 0.3 is 0 Å². The minimum absolute atomic E-state index is 0.0386. The third-order valence-corrected chi connectivity index (χ3v) is 4.12. The van der Waals surface area contributed by atoms with Crippen LogP contribution >= 0.6 is 0 Å². The number of carbonyl (C=O) groups excluding carboxylic acids is 2. The van der Waals surface area contributed by atoms with Crippen LogP contribution in [0.15, 0.2) is 0 Å². The number of morpholine rings is 1. The van der Waals surface area contributed by atoms with Gasteiger partial charge in [-0.15, -0.1) is 0 Å². The van der Waals surface area contributed by atoms with Crippen LogP contribution in [0, 0.1) is 0 Å². The van der Waals surface area contributed by atoms with Gasteiger partial charge in [-0.05, 0) is 6.42 Å². The number of sulfone groups is 1. The highest BCUT2D eigenvalue weighted by atomic mass is 32.2. The maximum Gasteiger partial charge on any atom is 0.236 e. The lowest BCUT2D eigenvalue weighted by atomic mass is 10.2. The molecule has 2 amide bonds. The number of nitrogens with zero attached hydrogens (tertiary/aromatic N) is 1. The average Bonchev–Trinajstić information content (AvgIpc) is 2.44. The molecule has 3 N–H and O–H groups in total. The average molecular weight is 321 g/mol. The molecule has 8 nitrogen and oxygen atoms in total. The van der Waals surface area contributed by atoms with Crippen LogP contribution < -0.4 is 11.1 Å². The van der Waals surface area contributed by atoms with Gasteiger partial charge in [-0.1, -0.05) is 0 Å². The summed E-state index contributed by atoms with van der Waals surface area (Å²) in [5, 5.41) is 2.55. The van der Waals surface area contributed by atoms with Crippen LogP contribution in [0.2, 0.25) is 0 Å². The fourth-order valence-corrected chi connectivity index (χ4v) is 2.55. The van der Waals surface area contributed by atoms with Crippen molar-refractivity contribution < 1.29 is 22.7 Å². The Morgan fingerprint density at radius 2 is 1.95 bits per heavy atom. The number of carbonyl (C=O) groups is 2. The number of nitrogens with two attached hydrogens (primary N) is 1. The number of rotatable bonds is 7. The predicted molar refractivity (Wildman–Crippen MR) is 77.3 cm³/mol. The van der Waals surface area contributed by atoms with Gasteiger partial charge in [0.15, 0.2) is 0 Å². The Labute approximate surface area is 124 Å². The summed E-state index contributed by atoms with van der Waals surface area (Å²) in [6.45, 7) is 2.41. The van der Waals surface area contributed by atoms with Crippen LogP contribution in [0.1, 0.15) is 12.8 Å². The Morgan fingerprint density at radius 3 is 2.52 bits per heavy atom. The molecule has 0 aromatic heterocycles.